The van der Waals surface area contributed by atoms with Crippen molar-refractivity contribution in [2.24, 2.45) is 5.73 Å². The standard InChI is InChI=1S/C16H20N2O2/c1-11-4-5-14(15(8-11)19-3)20-16-12(2)9-13(6-7-17)10-18-16/h4-5,8-10H,6-7,17H2,1-3H3. The Morgan fingerprint density at radius 1 is 1.15 bits per heavy atom. The SMILES string of the molecule is COc1cc(C)ccc1Oc1ncc(CCN)cc1C. The lowest BCUT2D eigenvalue weighted by Crippen LogP contribution is -2.04. The monoisotopic (exact) mass is 272 g/mol. The van der Waals surface area contributed by atoms with E-state index in [1.165, 1.54) is 0 Å². The number of pyridine rings is 1. The van der Waals surface area contributed by atoms with E-state index in [1.54, 1.807) is 13.3 Å². The zero-order valence-corrected chi connectivity index (χ0v) is 12.1. The summed E-state index contributed by atoms with van der Waals surface area (Å²) in [6.45, 7) is 4.60. The molecule has 2 aromatic rings. The van der Waals surface area contributed by atoms with Gasteiger partial charge in [0.05, 0.1) is 7.11 Å². The van der Waals surface area contributed by atoms with Crippen molar-refractivity contribution in [3.63, 3.8) is 0 Å². The summed E-state index contributed by atoms with van der Waals surface area (Å²) in [6, 6.07) is 7.86. The van der Waals surface area contributed by atoms with Gasteiger partial charge in [0.1, 0.15) is 0 Å². The number of benzene rings is 1. The van der Waals surface area contributed by atoms with Gasteiger partial charge in [-0.15, -0.1) is 0 Å². The van der Waals surface area contributed by atoms with Crippen LogP contribution in [0.3, 0.4) is 0 Å². The third-order valence-electron chi connectivity index (χ3n) is 3.05. The average molecular weight is 272 g/mol. The lowest BCUT2D eigenvalue weighted by Gasteiger charge is -2.12. The molecule has 4 heteroatoms. The Labute approximate surface area is 119 Å². The fraction of sp³-hybridized carbons (Fsp3) is 0.312. The van der Waals surface area contributed by atoms with Gasteiger partial charge in [-0.3, -0.25) is 0 Å². The predicted molar refractivity (Wildman–Crippen MR) is 79.5 cm³/mol. The number of aromatic nitrogens is 1. The van der Waals surface area contributed by atoms with E-state index in [2.05, 4.69) is 11.1 Å². The lowest BCUT2D eigenvalue weighted by molar-refractivity contribution is 0.373. The molecule has 0 aliphatic heterocycles. The van der Waals surface area contributed by atoms with Gasteiger partial charge in [0.15, 0.2) is 11.5 Å². The van der Waals surface area contributed by atoms with Crippen molar-refractivity contribution < 1.29 is 9.47 Å². The number of nitrogens with two attached hydrogens (primary N) is 1. The Morgan fingerprint density at radius 3 is 2.60 bits per heavy atom. The summed E-state index contributed by atoms with van der Waals surface area (Å²) in [7, 11) is 1.63. The van der Waals surface area contributed by atoms with Gasteiger partial charge in [-0.2, -0.15) is 0 Å². The summed E-state index contributed by atoms with van der Waals surface area (Å²) in [4.78, 5) is 4.36. The van der Waals surface area contributed by atoms with Crippen LogP contribution in [-0.2, 0) is 6.42 Å². The van der Waals surface area contributed by atoms with Crippen molar-refractivity contribution in [3.05, 3.63) is 47.2 Å². The minimum Gasteiger partial charge on any atom is -0.493 e. The van der Waals surface area contributed by atoms with Crippen LogP contribution in [0.15, 0.2) is 30.5 Å². The molecule has 106 valence electrons. The maximum Gasteiger partial charge on any atom is 0.222 e. The number of methoxy groups -OCH3 is 1. The van der Waals surface area contributed by atoms with Crippen LogP contribution in [0.4, 0.5) is 0 Å². The molecule has 0 aliphatic carbocycles. The first-order valence-electron chi connectivity index (χ1n) is 6.62. The van der Waals surface area contributed by atoms with Crippen LogP contribution in [-0.4, -0.2) is 18.6 Å². The first kappa shape index (κ1) is 14.3. The molecule has 0 bridgehead atoms. The first-order chi connectivity index (χ1) is 9.63. The van der Waals surface area contributed by atoms with E-state index >= 15 is 0 Å². The average Bonchev–Trinajstić information content (AvgIpc) is 2.43. The Morgan fingerprint density at radius 2 is 1.95 bits per heavy atom. The van der Waals surface area contributed by atoms with E-state index < -0.39 is 0 Å². The highest BCUT2D eigenvalue weighted by molar-refractivity contribution is 5.45. The molecule has 0 atom stereocenters. The Balaban J connectivity index is 2.26. The van der Waals surface area contributed by atoms with E-state index in [4.69, 9.17) is 15.2 Å². The van der Waals surface area contributed by atoms with Crippen LogP contribution in [0, 0.1) is 13.8 Å². The molecule has 0 saturated heterocycles. The summed E-state index contributed by atoms with van der Waals surface area (Å²) in [5.41, 5.74) is 8.77. The highest BCUT2D eigenvalue weighted by Gasteiger charge is 2.09. The van der Waals surface area contributed by atoms with Crippen molar-refractivity contribution in [2.75, 3.05) is 13.7 Å². The van der Waals surface area contributed by atoms with Gasteiger partial charge in [-0.25, -0.2) is 4.98 Å². The summed E-state index contributed by atoms with van der Waals surface area (Å²) in [5.74, 6) is 1.96. The number of aryl methyl sites for hydroxylation is 2. The Bertz CT molecular complexity index is 597. The van der Waals surface area contributed by atoms with E-state index in [-0.39, 0.29) is 0 Å². The topological polar surface area (TPSA) is 57.4 Å². The molecule has 1 aromatic carbocycles. The van der Waals surface area contributed by atoms with E-state index in [1.807, 2.05) is 32.0 Å². The van der Waals surface area contributed by atoms with Crippen LogP contribution in [0.2, 0.25) is 0 Å². The highest BCUT2D eigenvalue weighted by Crippen LogP contribution is 2.32. The minimum absolute atomic E-state index is 0.591. The van der Waals surface area contributed by atoms with Crippen molar-refractivity contribution >= 4 is 0 Å². The van der Waals surface area contributed by atoms with Crippen LogP contribution < -0.4 is 15.2 Å². The number of nitrogens with zero attached hydrogens (tertiary/aromatic N) is 1. The van der Waals surface area contributed by atoms with E-state index in [0.717, 1.165) is 23.1 Å². The molecule has 0 amide bonds. The number of hydrogen-bond acceptors (Lipinski definition) is 4. The number of hydrogen-bond donors (Lipinski definition) is 1. The van der Waals surface area contributed by atoms with Gasteiger partial charge < -0.3 is 15.2 Å². The quantitative estimate of drug-likeness (QED) is 0.909. The third kappa shape index (κ3) is 3.27. The van der Waals surface area contributed by atoms with Crippen LogP contribution in [0.1, 0.15) is 16.7 Å². The molecular weight excluding hydrogens is 252 g/mol. The molecule has 2 rings (SSSR count). The van der Waals surface area contributed by atoms with Crippen molar-refractivity contribution in [1.29, 1.82) is 0 Å². The van der Waals surface area contributed by atoms with Crippen LogP contribution in [0.25, 0.3) is 0 Å². The van der Waals surface area contributed by atoms with Crippen molar-refractivity contribution in [3.8, 4) is 17.4 Å². The normalized spacial score (nSPS) is 10.4. The molecule has 4 nitrogen and oxygen atoms in total. The third-order valence-corrected chi connectivity index (χ3v) is 3.05. The molecule has 0 fully saturated rings. The second-order valence-corrected chi connectivity index (χ2v) is 4.76. The Kier molecular flexibility index (Phi) is 4.58. The van der Waals surface area contributed by atoms with Gasteiger partial charge >= 0.3 is 0 Å². The molecule has 0 unspecified atom stereocenters. The number of rotatable bonds is 5. The molecule has 0 aliphatic rings. The second-order valence-electron chi connectivity index (χ2n) is 4.76. The smallest absolute Gasteiger partial charge is 0.222 e. The first-order valence-corrected chi connectivity index (χ1v) is 6.62. The van der Waals surface area contributed by atoms with Gasteiger partial charge in [0.25, 0.3) is 0 Å². The molecule has 0 spiro atoms. The van der Waals surface area contributed by atoms with E-state index in [9.17, 15) is 0 Å². The highest BCUT2D eigenvalue weighted by atomic mass is 16.5. The zero-order valence-electron chi connectivity index (χ0n) is 12.1. The van der Waals surface area contributed by atoms with Crippen LogP contribution in [0.5, 0.6) is 17.4 Å². The van der Waals surface area contributed by atoms with E-state index in [0.29, 0.717) is 23.9 Å². The molecule has 2 N–H and O–H groups in total. The van der Waals surface area contributed by atoms with Crippen molar-refractivity contribution in [1.82, 2.24) is 4.98 Å². The molecule has 20 heavy (non-hydrogen) atoms. The molecule has 0 radical (unpaired) electrons. The molecule has 1 aromatic heterocycles. The minimum atomic E-state index is 0.591. The van der Waals surface area contributed by atoms with Crippen LogP contribution >= 0.6 is 0 Å². The van der Waals surface area contributed by atoms with Gasteiger partial charge in [-0.05, 0) is 56.1 Å². The summed E-state index contributed by atoms with van der Waals surface area (Å²) in [6.07, 6.45) is 2.62. The summed E-state index contributed by atoms with van der Waals surface area (Å²) >= 11 is 0. The zero-order chi connectivity index (χ0) is 14.5. The fourth-order valence-corrected chi connectivity index (χ4v) is 1.99. The molecule has 1 heterocycles. The Hall–Kier alpha value is -2.07. The number of ether oxygens (including phenoxy) is 2. The predicted octanol–water partition coefficient (Wildman–Crippen LogP) is 3.00. The fourth-order valence-electron chi connectivity index (χ4n) is 1.99. The van der Waals surface area contributed by atoms with Crippen molar-refractivity contribution in [2.45, 2.75) is 20.3 Å². The van der Waals surface area contributed by atoms with Gasteiger partial charge in [0.2, 0.25) is 5.88 Å². The summed E-state index contributed by atoms with van der Waals surface area (Å²) in [5, 5.41) is 0. The second kappa shape index (κ2) is 6.39. The van der Waals surface area contributed by atoms with Gasteiger partial charge in [-0.1, -0.05) is 6.07 Å². The summed E-state index contributed by atoms with van der Waals surface area (Å²) < 4.78 is 11.2. The molecular formula is C16H20N2O2. The largest absolute Gasteiger partial charge is 0.493 e. The lowest BCUT2D eigenvalue weighted by atomic mass is 10.1. The molecule has 0 saturated carbocycles. The maximum absolute atomic E-state index is 5.85. The maximum atomic E-state index is 5.85. The van der Waals surface area contributed by atoms with Gasteiger partial charge in [0, 0.05) is 11.8 Å².